The maximum Gasteiger partial charge on any atom is 0.381 e. The lowest BCUT2D eigenvalue weighted by Gasteiger charge is -2.26. The molecule has 24 heavy (non-hydrogen) atoms. The minimum absolute atomic E-state index is 0.0297. The Morgan fingerprint density at radius 1 is 0.917 bits per heavy atom. The molecule has 0 saturated carbocycles. The minimum Gasteiger partial charge on any atom is -0.347 e. The van der Waals surface area contributed by atoms with Crippen LogP contribution in [0.15, 0.2) is 53.3 Å². The van der Waals surface area contributed by atoms with Crippen LogP contribution in [-0.4, -0.2) is 0 Å². The third-order valence-corrected chi connectivity index (χ3v) is 4.39. The molecule has 0 amide bonds. The van der Waals surface area contributed by atoms with Gasteiger partial charge in [0.05, 0.1) is 5.52 Å². The number of benzene rings is 2. The fourth-order valence-electron chi connectivity index (χ4n) is 2.89. The molecule has 3 aromatic rings. The molecule has 0 aliphatic rings. The molecule has 0 N–H and O–H groups in total. The summed E-state index contributed by atoms with van der Waals surface area (Å²) in [4.78, 5) is 0. The van der Waals surface area contributed by atoms with Gasteiger partial charge in [0.15, 0.2) is 5.58 Å². The molecule has 2 aromatic carbocycles. The minimum atomic E-state index is 0.0297. The molecule has 0 unspecified atom stereocenters. The van der Waals surface area contributed by atoms with Gasteiger partial charge in [0, 0.05) is 6.54 Å². The Labute approximate surface area is 145 Å². The molecule has 0 spiro atoms. The van der Waals surface area contributed by atoms with Gasteiger partial charge in [-0.05, 0) is 22.0 Å². The van der Waals surface area contributed by atoms with Crippen LogP contribution in [0.25, 0.3) is 11.1 Å². The first-order chi connectivity index (χ1) is 11.2. The van der Waals surface area contributed by atoms with Crippen molar-refractivity contribution in [3.05, 3.63) is 72.1 Å². The average molecular weight is 321 g/mol. The largest absolute Gasteiger partial charge is 0.381 e. The van der Waals surface area contributed by atoms with E-state index in [-0.39, 0.29) is 10.8 Å². The smallest absolute Gasteiger partial charge is 0.347 e. The van der Waals surface area contributed by atoms with Crippen LogP contribution >= 0.6 is 0 Å². The molecule has 0 aliphatic carbocycles. The molecule has 3 rings (SSSR count). The second-order valence-corrected chi connectivity index (χ2v) is 8.54. The van der Waals surface area contributed by atoms with Crippen molar-refractivity contribution in [2.24, 2.45) is 0 Å². The van der Waals surface area contributed by atoms with Crippen LogP contribution in [0.3, 0.4) is 0 Å². The van der Waals surface area contributed by atoms with Crippen molar-refractivity contribution in [2.45, 2.75) is 52.4 Å². The van der Waals surface area contributed by atoms with Crippen molar-refractivity contribution in [2.75, 3.05) is 0 Å². The maximum atomic E-state index is 5.98. The highest BCUT2D eigenvalue weighted by molar-refractivity contribution is 5.76. The van der Waals surface area contributed by atoms with Gasteiger partial charge in [0.25, 0.3) is 0 Å². The van der Waals surface area contributed by atoms with Gasteiger partial charge in [-0.1, -0.05) is 89.6 Å². The molecule has 1 aromatic heterocycles. The second kappa shape index (κ2) is 5.70. The molecular weight excluding hydrogens is 294 g/mol. The quantitative estimate of drug-likeness (QED) is 0.352. The van der Waals surface area contributed by atoms with Crippen molar-refractivity contribution in [3.63, 3.8) is 0 Å². The van der Waals surface area contributed by atoms with Gasteiger partial charge in [-0.2, -0.15) is 0 Å². The number of aromatic nitrogens is 1. The van der Waals surface area contributed by atoms with E-state index in [1.165, 1.54) is 11.1 Å². The van der Waals surface area contributed by atoms with E-state index in [1.54, 1.807) is 6.39 Å². The van der Waals surface area contributed by atoms with Gasteiger partial charge in [0.1, 0.15) is 0 Å². The van der Waals surface area contributed by atoms with E-state index in [1.807, 2.05) is 6.07 Å². The summed E-state index contributed by atoms with van der Waals surface area (Å²) in [5, 5.41) is 0. The Kier molecular flexibility index (Phi) is 3.95. The summed E-state index contributed by atoms with van der Waals surface area (Å²) >= 11 is 0. The summed E-state index contributed by atoms with van der Waals surface area (Å²) in [6.45, 7) is 15.6. The van der Waals surface area contributed by atoms with Gasteiger partial charge in [-0.25, -0.2) is 0 Å². The molecule has 0 saturated heterocycles. The SMILES string of the molecule is CC(C)(C)c1cc(C(C)(C)C)c2[o+][cH-][n+]([CH-]c3ccccc3)c2c1. The Bertz CT molecular complexity index is 845. The van der Waals surface area contributed by atoms with Gasteiger partial charge < -0.3 is 8.98 Å². The number of hydrogen-bond acceptors (Lipinski definition) is 0. The van der Waals surface area contributed by atoms with Crippen LogP contribution in [0.1, 0.15) is 58.2 Å². The first-order valence-electron chi connectivity index (χ1n) is 8.53. The summed E-state index contributed by atoms with van der Waals surface area (Å²) < 4.78 is 8.07. The normalized spacial score (nSPS) is 12.6. The monoisotopic (exact) mass is 321 g/mol. The Hall–Kier alpha value is -2.22. The lowest BCUT2D eigenvalue weighted by molar-refractivity contribution is -0.606. The molecule has 2 nitrogen and oxygen atoms in total. The predicted molar refractivity (Wildman–Crippen MR) is 99.1 cm³/mol. The third-order valence-electron chi connectivity index (χ3n) is 4.39. The molecule has 126 valence electrons. The highest BCUT2D eigenvalue weighted by Gasteiger charge is 2.24. The number of fused-ring (bicyclic) bond motifs is 1. The van der Waals surface area contributed by atoms with Crippen molar-refractivity contribution in [3.8, 4) is 0 Å². The fourth-order valence-corrected chi connectivity index (χ4v) is 2.89. The summed E-state index contributed by atoms with van der Waals surface area (Å²) in [5.41, 5.74) is 5.96. The van der Waals surface area contributed by atoms with E-state index in [0.717, 1.165) is 16.7 Å². The number of hydrogen-bond donors (Lipinski definition) is 0. The van der Waals surface area contributed by atoms with Crippen LogP contribution in [0.5, 0.6) is 0 Å². The molecule has 0 fully saturated rings. The first kappa shape index (κ1) is 16.6. The molecule has 0 bridgehead atoms. The number of nitrogens with zero attached hydrogens (tertiary/aromatic N) is 1. The van der Waals surface area contributed by atoms with Gasteiger partial charge in [-0.15, -0.1) is 0 Å². The molecular formula is C22H27NO. The van der Waals surface area contributed by atoms with Gasteiger partial charge in [0.2, 0.25) is 0 Å². The fraction of sp³-hybridized carbons (Fsp3) is 0.364. The number of rotatable bonds is 2. The zero-order valence-electron chi connectivity index (χ0n) is 15.6. The zero-order valence-corrected chi connectivity index (χ0v) is 15.6. The summed E-state index contributed by atoms with van der Waals surface area (Å²) in [7, 11) is 0. The topological polar surface area (TPSA) is 15.2 Å². The highest BCUT2D eigenvalue weighted by atomic mass is 16.3. The zero-order chi connectivity index (χ0) is 17.5. The summed E-state index contributed by atoms with van der Waals surface area (Å²) in [6, 6.07) is 14.9. The van der Waals surface area contributed by atoms with E-state index in [4.69, 9.17) is 4.42 Å². The van der Waals surface area contributed by atoms with Crippen LogP contribution in [-0.2, 0) is 10.8 Å². The van der Waals surface area contributed by atoms with Crippen LogP contribution in [0, 0.1) is 6.54 Å². The van der Waals surface area contributed by atoms with Crippen LogP contribution < -0.4 is 4.57 Å². The van der Waals surface area contributed by atoms with Crippen LogP contribution in [0.2, 0.25) is 0 Å². The van der Waals surface area contributed by atoms with Gasteiger partial charge in [-0.3, -0.25) is 0 Å². The van der Waals surface area contributed by atoms with Gasteiger partial charge >= 0.3 is 6.39 Å². The van der Waals surface area contributed by atoms with Crippen molar-refractivity contribution in [1.29, 1.82) is 0 Å². The molecule has 2 heteroatoms. The van der Waals surface area contributed by atoms with Crippen molar-refractivity contribution >= 4 is 11.1 Å². The lowest BCUT2D eigenvalue weighted by atomic mass is 9.80. The van der Waals surface area contributed by atoms with Crippen molar-refractivity contribution < 1.29 is 8.98 Å². The number of oxazole rings is 1. The van der Waals surface area contributed by atoms with Crippen molar-refractivity contribution in [1.82, 2.24) is 0 Å². The second-order valence-electron chi connectivity index (χ2n) is 8.54. The Morgan fingerprint density at radius 3 is 2.17 bits per heavy atom. The summed E-state index contributed by atoms with van der Waals surface area (Å²) in [5.74, 6) is 0. The maximum absolute atomic E-state index is 5.98. The molecule has 0 atom stereocenters. The lowest BCUT2D eigenvalue weighted by Crippen LogP contribution is -2.30. The highest BCUT2D eigenvalue weighted by Crippen LogP contribution is 2.34. The van der Waals surface area contributed by atoms with Crippen LogP contribution in [0.4, 0.5) is 0 Å². The van der Waals surface area contributed by atoms with E-state index < -0.39 is 0 Å². The van der Waals surface area contributed by atoms with E-state index in [0.29, 0.717) is 0 Å². The average Bonchev–Trinajstić information content (AvgIpc) is 2.88. The molecule has 0 aliphatic heterocycles. The molecule has 1 heterocycles. The predicted octanol–water partition coefficient (Wildman–Crippen LogP) is 5.37. The standard InChI is InChI=1S/C22H27NO/c1-21(2,3)17-12-18(22(4,5)6)20-19(13-17)23(15-24-20)14-16-10-8-7-9-11-16/h7-15H,1-6H3. The Balaban J connectivity index is 2.19. The summed E-state index contributed by atoms with van der Waals surface area (Å²) in [6.07, 6.45) is 1.80. The molecule has 0 radical (unpaired) electrons. The van der Waals surface area contributed by atoms with E-state index in [9.17, 15) is 0 Å². The Morgan fingerprint density at radius 2 is 1.58 bits per heavy atom. The first-order valence-corrected chi connectivity index (χ1v) is 8.53. The third kappa shape index (κ3) is 3.19. The van der Waals surface area contributed by atoms with E-state index in [2.05, 4.69) is 89.1 Å². The van der Waals surface area contributed by atoms with E-state index >= 15 is 0 Å².